The Morgan fingerprint density at radius 2 is 1.53 bits per heavy atom. The molecule has 1 saturated carbocycles. The van der Waals surface area contributed by atoms with Crippen LogP contribution in [0.25, 0.3) is 11.3 Å². The fourth-order valence-corrected chi connectivity index (χ4v) is 5.91. The first-order valence-electron chi connectivity index (χ1n) is 12.8. The third-order valence-electron chi connectivity index (χ3n) is 7.20. The molecule has 0 aliphatic heterocycles. The molecular formula is C31H35N3OS. The zero-order valence-corrected chi connectivity index (χ0v) is 22.0. The van der Waals surface area contributed by atoms with E-state index in [-0.39, 0.29) is 6.10 Å². The number of anilines is 2. The van der Waals surface area contributed by atoms with Gasteiger partial charge in [-0.15, -0.1) is 11.3 Å². The van der Waals surface area contributed by atoms with Crippen molar-refractivity contribution in [2.45, 2.75) is 50.8 Å². The van der Waals surface area contributed by atoms with Crippen LogP contribution in [0.5, 0.6) is 0 Å². The highest BCUT2D eigenvalue weighted by atomic mass is 32.1. The summed E-state index contributed by atoms with van der Waals surface area (Å²) in [5.41, 5.74) is 7.30. The molecule has 0 radical (unpaired) electrons. The molecule has 0 amide bonds. The quantitative estimate of drug-likeness (QED) is 0.282. The maximum Gasteiger partial charge on any atom is 0.185 e. The summed E-state index contributed by atoms with van der Waals surface area (Å²) in [6.07, 6.45) is 4.03. The minimum Gasteiger partial charge on any atom is -0.393 e. The summed E-state index contributed by atoms with van der Waals surface area (Å²) in [7, 11) is 4.23. The number of benzene rings is 3. The van der Waals surface area contributed by atoms with E-state index in [0.29, 0.717) is 5.92 Å². The van der Waals surface area contributed by atoms with Gasteiger partial charge in [-0.05, 0) is 54.0 Å². The van der Waals surface area contributed by atoms with Gasteiger partial charge in [-0.3, -0.25) is 0 Å². The Hall–Kier alpha value is -3.15. The van der Waals surface area contributed by atoms with Crippen molar-refractivity contribution in [2.24, 2.45) is 0 Å². The molecule has 4 nitrogen and oxygen atoms in total. The fraction of sp³-hybridized carbons (Fsp3) is 0.323. The Kier molecular flexibility index (Phi) is 7.69. The number of nitrogens with zero attached hydrogens (tertiary/aromatic N) is 3. The Balaban J connectivity index is 1.19. The van der Waals surface area contributed by atoms with E-state index in [1.807, 2.05) is 6.07 Å². The van der Waals surface area contributed by atoms with Gasteiger partial charge in [0.05, 0.1) is 11.8 Å². The maximum absolute atomic E-state index is 10.0. The van der Waals surface area contributed by atoms with Crippen molar-refractivity contribution < 1.29 is 5.11 Å². The largest absolute Gasteiger partial charge is 0.393 e. The maximum atomic E-state index is 10.0. The predicted molar refractivity (Wildman–Crippen MR) is 152 cm³/mol. The zero-order valence-electron chi connectivity index (χ0n) is 21.2. The summed E-state index contributed by atoms with van der Waals surface area (Å²) >= 11 is 1.69. The van der Waals surface area contributed by atoms with Gasteiger partial charge in [0.1, 0.15) is 0 Å². The molecule has 36 heavy (non-hydrogen) atoms. The van der Waals surface area contributed by atoms with Crippen LogP contribution < -0.4 is 9.80 Å². The highest BCUT2D eigenvalue weighted by Crippen LogP contribution is 2.33. The summed E-state index contributed by atoms with van der Waals surface area (Å²) < 4.78 is 0. The second-order valence-electron chi connectivity index (χ2n) is 10.0. The average Bonchev–Trinajstić information content (AvgIpc) is 3.41. The lowest BCUT2D eigenvalue weighted by atomic mass is 9.82. The number of thiazole rings is 1. The van der Waals surface area contributed by atoms with Gasteiger partial charge in [0.15, 0.2) is 5.13 Å². The summed E-state index contributed by atoms with van der Waals surface area (Å²) in [6, 6.07) is 28.2. The van der Waals surface area contributed by atoms with E-state index in [2.05, 4.69) is 102 Å². The van der Waals surface area contributed by atoms with E-state index in [1.165, 1.54) is 28.8 Å². The molecule has 3 aromatic carbocycles. The Morgan fingerprint density at radius 1 is 0.833 bits per heavy atom. The van der Waals surface area contributed by atoms with E-state index < -0.39 is 0 Å². The van der Waals surface area contributed by atoms with Crippen LogP contribution in [0.15, 0.2) is 84.2 Å². The molecule has 0 bridgehead atoms. The van der Waals surface area contributed by atoms with Gasteiger partial charge in [0.2, 0.25) is 0 Å². The van der Waals surface area contributed by atoms with Crippen molar-refractivity contribution in [2.75, 3.05) is 23.9 Å². The lowest BCUT2D eigenvalue weighted by Gasteiger charge is -2.26. The van der Waals surface area contributed by atoms with E-state index >= 15 is 0 Å². The van der Waals surface area contributed by atoms with Crippen LogP contribution in [-0.2, 0) is 13.1 Å². The molecule has 1 aliphatic carbocycles. The van der Waals surface area contributed by atoms with Crippen LogP contribution in [-0.4, -0.2) is 30.3 Å². The Labute approximate surface area is 218 Å². The molecular weight excluding hydrogens is 462 g/mol. The fourth-order valence-electron chi connectivity index (χ4n) is 5.11. The van der Waals surface area contributed by atoms with Crippen LogP contribution >= 0.6 is 11.3 Å². The Bertz CT molecular complexity index is 1240. The first kappa shape index (κ1) is 24.5. The van der Waals surface area contributed by atoms with Gasteiger partial charge in [0.25, 0.3) is 0 Å². The molecule has 0 spiro atoms. The van der Waals surface area contributed by atoms with Gasteiger partial charge >= 0.3 is 0 Å². The smallest absolute Gasteiger partial charge is 0.185 e. The van der Waals surface area contributed by atoms with E-state index in [1.54, 1.807) is 11.3 Å². The molecule has 1 fully saturated rings. The highest BCUT2D eigenvalue weighted by Gasteiger charge is 2.21. The lowest BCUT2D eigenvalue weighted by Crippen LogP contribution is -2.18. The number of hydrogen-bond donors (Lipinski definition) is 1. The van der Waals surface area contributed by atoms with Gasteiger partial charge in [-0.2, -0.15) is 0 Å². The van der Waals surface area contributed by atoms with Crippen LogP contribution in [0.1, 0.15) is 48.3 Å². The Morgan fingerprint density at radius 3 is 2.25 bits per heavy atom. The van der Waals surface area contributed by atoms with Crippen molar-refractivity contribution in [3.05, 3.63) is 101 Å². The first-order valence-corrected chi connectivity index (χ1v) is 13.7. The topological polar surface area (TPSA) is 39.6 Å². The van der Waals surface area contributed by atoms with Gasteiger partial charge in [-0.25, -0.2) is 4.98 Å². The second-order valence-corrected chi connectivity index (χ2v) is 10.9. The van der Waals surface area contributed by atoms with Crippen molar-refractivity contribution in [1.29, 1.82) is 0 Å². The second kappa shape index (κ2) is 11.3. The van der Waals surface area contributed by atoms with E-state index in [4.69, 9.17) is 4.98 Å². The average molecular weight is 498 g/mol. The molecule has 0 saturated heterocycles. The van der Waals surface area contributed by atoms with Gasteiger partial charge in [-0.1, -0.05) is 73.2 Å². The molecule has 5 heteroatoms. The lowest BCUT2D eigenvalue weighted by molar-refractivity contribution is 0.119. The molecule has 1 aliphatic rings. The minimum atomic E-state index is -0.136. The van der Waals surface area contributed by atoms with E-state index in [0.717, 1.165) is 48.7 Å². The highest BCUT2D eigenvalue weighted by molar-refractivity contribution is 7.14. The van der Waals surface area contributed by atoms with Crippen molar-refractivity contribution in [1.82, 2.24) is 4.98 Å². The van der Waals surface area contributed by atoms with Gasteiger partial charge < -0.3 is 14.9 Å². The van der Waals surface area contributed by atoms with E-state index in [9.17, 15) is 5.11 Å². The molecule has 186 valence electrons. The number of hydrogen-bond acceptors (Lipinski definition) is 5. The third kappa shape index (κ3) is 5.97. The molecule has 1 aromatic heterocycles. The summed E-state index contributed by atoms with van der Waals surface area (Å²) in [5, 5.41) is 13.2. The van der Waals surface area contributed by atoms with Crippen molar-refractivity contribution >= 4 is 22.2 Å². The number of aliphatic hydroxyl groups excluding tert-OH is 1. The summed E-state index contributed by atoms with van der Waals surface area (Å²) in [6.45, 7) is 1.71. The summed E-state index contributed by atoms with van der Waals surface area (Å²) in [5.74, 6) is 0.498. The normalized spacial score (nSPS) is 17.6. The molecule has 4 aromatic rings. The monoisotopic (exact) mass is 497 g/mol. The van der Waals surface area contributed by atoms with Crippen LogP contribution in [0.4, 0.5) is 10.8 Å². The van der Waals surface area contributed by atoms with Crippen LogP contribution in [0.2, 0.25) is 0 Å². The number of aliphatic hydroxyl groups is 1. The molecule has 2 atom stereocenters. The van der Waals surface area contributed by atoms with Gasteiger partial charge in [0, 0.05) is 43.8 Å². The van der Waals surface area contributed by atoms with Crippen molar-refractivity contribution in [3.63, 3.8) is 0 Å². The summed E-state index contributed by atoms with van der Waals surface area (Å²) in [4.78, 5) is 9.37. The first-order chi connectivity index (χ1) is 17.5. The molecule has 1 heterocycles. The predicted octanol–water partition coefficient (Wildman–Crippen LogP) is 7.10. The van der Waals surface area contributed by atoms with Crippen LogP contribution in [0.3, 0.4) is 0 Å². The van der Waals surface area contributed by atoms with Crippen LogP contribution in [0, 0.1) is 0 Å². The number of rotatable bonds is 8. The molecule has 0 unspecified atom stereocenters. The number of aromatic nitrogens is 1. The standard InChI is InChI=1S/C31H35N3OS/c1-33(20-24-11-13-25(14-12-24)27-9-6-10-29(35)19-27)28-17-15-26(16-18-28)30-22-36-31(32-30)34(2)21-23-7-4-3-5-8-23/h3-5,7-8,11-18,22,27,29,35H,6,9-10,19-21H2,1-2H3/t27-,29-/m0/s1. The zero-order chi connectivity index (χ0) is 24.9. The third-order valence-corrected chi connectivity index (χ3v) is 8.16. The van der Waals surface area contributed by atoms with Crippen molar-refractivity contribution in [3.8, 4) is 11.3 Å². The molecule has 1 N–H and O–H groups in total. The SMILES string of the molecule is CN(Cc1ccc([C@H]2CCC[C@H](O)C2)cc1)c1ccc(-c2csc(N(C)Cc3ccccc3)n2)cc1. The molecule has 5 rings (SSSR count). The minimum absolute atomic E-state index is 0.136.